The monoisotopic (exact) mass is 400 g/mol. The average molecular weight is 401 g/mol. The normalized spacial score (nSPS) is 46.3. The molecule has 4 rings (SSSR count). The van der Waals surface area contributed by atoms with Gasteiger partial charge in [0.05, 0.1) is 0 Å². The standard InChI is InChI=1S/C28H48O/c1-19(18-29)8-6-9-20(2)24-13-14-25-22-11-12-23-21(3)10-7-16-27(23,4)26(22)15-17-28(24,25)5/h11,19-21,23-26,29H,6-10,12-18H2,1-5H3/t19?,20?,21?,23?,24-,25+,26+,27+,28-/m1/s1. The van der Waals surface area contributed by atoms with Crippen molar-refractivity contribution in [2.75, 3.05) is 6.61 Å². The molecule has 0 aromatic carbocycles. The highest BCUT2D eigenvalue weighted by molar-refractivity contribution is 5.27. The van der Waals surface area contributed by atoms with Gasteiger partial charge < -0.3 is 5.11 Å². The summed E-state index contributed by atoms with van der Waals surface area (Å²) >= 11 is 0. The smallest absolute Gasteiger partial charge is 0.0456 e. The molecule has 1 nitrogen and oxygen atoms in total. The first-order chi connectivity index (χ1) is 13.8. The summed E-state index contributed by atoms with van der Waals surface area (Å²) in [6, 6.07) is 0. The molecule has 4 aliphatic carbocycles. The van der Waals surface area contributed by atoms with Crippen LogP contribution in [0.3, 0.4) is 0 Å². The third kappa shape index (κ3) is 3.66. The van der Waals surface area contributed by atoms with Gasteiger partial charge in [-0.1, -0.05) is 72.0 Å². The summed E-state index contributed by atoms with van der Waals surface area (Å²) in [5.74, 6) is 5.87. The fourth-order valence-electron chi connectivity index (χ4n) is 9.08. The first-order valence-corrected chi connectivity index (χ1v) is 13.1. The molecule has 1 N–H and O–H groups in total. The van der Waals surface area contributed by atoms with Gasteiger partial charge in [-0.3, -0.25) is 0 Å². The topological polar surface area (TPSA) is 20.2 Å². The van der Waals surface area contributed by atoms with Crippen LogP contribution >= 0.6 is 0 Å². The van der Waals surface area contributed by atoms with Crippen molar-refractivity contribution >= 4 is 0 Å². The summed E-state index contributed by atoms with van der Waals surface area (Å²) in [7, 11) is 0. The van der Waals surface area contributed by atoms with Gasteiger partial charge in [-0.25, -0.2) is 0 Å². The molecule has 4 unspecified atom stereocenters. The number of allylic oxidation sites excluding steroid dienone is 2. The van der Waals surface area contributed by atoms with Crippen molar-refractivity contribution in [1.29, 1.82) is 0 Å². The Bertz CT molecular complexity index is 607. The summed E-state index contributed by atoms with van der Waals surface area (Å²) in [6.45, 7) is 13.0. The van der Waals surface area contributed by atoms with Gasteiger partial charge in [0.1, 0.15) is 0 Å². The Morgan fingerprint density at radius 2 is 1.76 bits per heavy atom. The molecule has 3 saturated carbocycles. The van der Waals surface area contributed by atoms with Crippen LogP contribution < -0.4 is 0 Å². The van der Waals surface area contributed by atoms with Gasteiger partial charge >= 0.3 is 0 Å². The molecule has 0 amide bonds. The van der Waals surface area contributed by atoms with Gasteiger partial charge in [0.2, 0.25) is 0 Å². The molecule has 0 saturated heterocycles. The van der Waals surface area contributed by atoms with Crippen molar-refractivity contribution in [3.63, 3.8) is 0 Å². The zero-order chi connectivity index (χ0) is 20.8. The minimum Gasteiger partial charge on any atom is -0.396 e. The van der Waals surface area contributed by atoms with Gasteiger partial charge in [-0.15, -0.1) is 0 Å². The minimum atomic E-state index is 0.353. The summed E-state index contributed by atoms with van der Waals surface area (Å²) in [5.41, 5.74) is 3.07. The van der Waals surface area contributed by atoms with E-state index in [2.05, 4.69) is 40.7 Å². The SMILES string of the molecule is CC(CO)CCCC(C)[C@H]1CC[C@H]2C3=CCC4C(C)CCC[C@]4(C)[C@H]3CC[C@]12C. The molecular weight excluding hydrogens is 352 g/mol. The molecule has 0 bridgehead atoms. The number of rotatable bonds is 6. The molecule has 3 fully saturated rings. The minimum absolute atomic E-state index is 0.353. The Morgan fingerprint density at radius 3 is 2.52 bits per heavy atom. The lowest BCUT2D eigenvalue weighted by molar-refractivity contribution is -0.0286. The van der Waals surface area contributed by atoms with E-state index in [1.54, 1.807) is 0 Å². The van der Waals surface area contributed by atoms with Crippen LogP contribution in [0.2, 0.25) is 0 Å². The molecule has 166 valence electrons. The van der Waals surface area contributed by atoms with E-state index < -0.39 is 0 Å². The number of fused-ring (bicyclic) bond motifs is 5. The molecule has 9 atom stereocenters. The lowest BCUT2D eigenvalue weighted by Crippen LogP contribution is -2.50. The quantitative estimate of drug-likeness (QED) is 0.454. The van der Waals surface area contributed by atoms with Crippen LogP contribution in [0, 0.1) is 52.3 Å². The predicted octanol–water partition coefficient (Wildman–Crippen LogP) is 7.64. The van der Waals surface area contributed by atoms with Gasteiger partial charge in [-0.05, 0) is 97.2 Å². The maximum Gasteiger partial charge on any atom is 0.0456 e. The van der Waals surface area contributed by atoms with Crippen molar-refractivity contribution in [1.82, 2.24) is 0 Å². The van der Waals surface area contributed by atoms with Crippen LogP contribution in [0.1, 0.15) is 105 Å². The molecule has 0 aromatic heterocycles. The number of aliphatic hydroxyl groups excluding tert-OH is 1. The number of hydrogen-bond donors (Lipinski definition) is 1. The van der Waals surface area contributed by atoms with E-state index in [0.29, 0.717) is 23.4 Å². The fraction of sp³-hybridized carbons (Fsp3) is 0.929. The van der Waals surface area contributed by atoms with E-state index in [1.807, 2.05) is 5.57 Å². The van der Waals surface area contributed by atoms with Crippen LogP contribution in [0.15, 0.2) is 11.6 Å². The van der Waals surface area contributed by atoms with Gasteiger partial charge in [0.25, 0.3) is 0 Å². The lowest BCUT2D eigenvalue weighted by atomic mass is 9.46. The third-order valence-electron chi connectivity index (χ3n) is 10.9. The maximum absolute atomic E-state index is 9.33. The summed E-state index contributed by atoms with van der Waals surface area (Å²) < 4.78 is 0. The third-order valence-corrected chi connectivity index (χ3v) is 10.9. The van der Waals surface area contributed by atoms with E-state index in [-0.39, 0.29) is 0 Å². The molecule has 4 aliphatic rings. The Hall–Kier alpha value is -0.300. The predicted molar refractivity (Wildman–Crippen MR) is 124 cm³/mol. The van der Waals surface area contributed by atoms with E-state index in [1.165, 1.54) is 70.6 Å². The fourth-order valence-corrected chi connectivity index (χ4v) is 9.08. The van der Waals surface area contributed by atoms with Gasteiger partial charge in [0, 0.05) is 6.61 Å². The highest BCUT2D eigenvalue weighted by Crippen LogP contribution is 2.67. The number of hydrogen-bond acceptors (Lipinski definition) is 1. The summed E-state index contributed by atoms with van der Waals surface area (Å²) in [6.07, 6.45) is 18.2. The van der Waals surface area contributed by atoms with Crippen LogP contribution in [0.5, 0.6) is 0 Å². The molecule has 0 aliphatic heterocycles. The molecule has 1 heteroatoms. The second kappa shape index (κ2) is 8.33. The van der Waals surface area contributed by atoms with Crippen molar-refractivity contribution < 1.29 is 5.11 Å². The first kappa shape index (κ1) is 21.9. The number of aliphatic hydroxyl groups is 1. The van der Waals surface area contributed by atoms with Crippen LogP contribution in [0.4, 0.5) is 0 Å². The van der Waals surface area contributed by atoms with Crippen molar-refractivity contribution in [3.8, 4) is 0 Å². The highest BCUT2D eigenvalue weighted by atomic mass is 16.3. The van der Waals surface area contributed by atoms with E-state index in [9.17, 15) is 5.11 Å². The van der Waals surface area contributed by atoms with E-state index >= 15 is 0 Å². The Kier molecular flexibility index (Phi) is 6.29. The zero-order valence-corrected chi connectivity index (χ0v) is 20.1. The molecule has 0 heterocycles. The maximum atomic E-state index is 9.33. The molecular formula is C28H48O. The zero-order valence-electron chi connectivity index (χ0n) is 20.1. The highest BCUT2D eigenvalue weighted by Gasteiger charge is 2.58. The molecule has 0 aromatic rings. The van der Waals surface area contributed by atoms with E-state index in [0.717, 1.165) is 35.5 Å². The summed E-state index contributed by atoms with van der Waals surface area (Å²) in [5, 5.41) is 9.33. The van der Waals surface area contributed by atoms with Crippen LogP contribution in [-0.2, 0) is 0 Å². The Labute approximate surface area is 181 Å². The Morgan fingerprint density at radius 1 is 1.00 bits per heavy atom. The largest absolute Gasteiger partial charge is 0.396 e. The second-order valence-corrected chi connectivity index (χ2v) is 12.5. The average Bonchev–Trinajstić information content (AvgIpc) is 3.05. The first-order valence-electron chi connectivity index (χ1n) is 13.1. The van der Waals surface area contributed by atoms with Crippen LogP contribution in [0.25, 0.3) is 0 Å². The van der Waals surface area contributed by atoms with E-state index in [4.69, 9.17) is 0 Å². The molecule has 0 spiro atoms. The van der Waals surface area contributed by atoms with Crippen LogP contribution in [-0.4, -0.2) is 11.7 Å². The molecule has 0 radical (unpaired) electrons. The van der Waals surface area contributed by atoms with Crippen molar-refractivity contribution in [3.05, 3.63) is 11.6 Å². The second-order valence-electron chi connectivity index (χ2n) is 12.5. The lowest BCUT2D eigenvalue weighted by Gasteiger charge is -2.58. The Balaban J connectivity index is 1.48. The molecule has 29 heavy (non-hydrogen) atoms. The summed E-state index contributed by atoms with van der Waals surface area (Å²) in [4.78, 5) is 0. The van der Waals surface area contributed by atoms with Gasteiger partial charge in [-0.2, -0.15) is 0 Å². The van der Waals surface area contributed by atoms with Gasteiger partial charge in [0.15, 0.2) is 0 Å². The van der Waals surface area contributed by atoms with Crippen molar-refractivity contribution in [2.45, 2.75) is 105 Å². The van der Waals surface area contributed by atoms with Crippen molar-refractivity contribution in [2.24, 2.45) is 52.3 Å².